The zero-order chi connectivity index (χ0) is 15.4. The second-order valence-corrected chi connectivity index (χ2v) is 6.43. The van der Waals surface area contributed by atoms with Gasteiger partial charge in [0.05, 0.1) is 18.7 Å². The van der Waals surface area contributed by atoms with Crippen LogP contribution in [0.4, 0.5) is 5.82 Å². The number of aliphatic hydroxyl groups excluding tert-OH is 1. The van der Waals surface area contributed by atoms with Crippen LogP contribution in [0.2, 0.25) is 0 Å². The molecule has 1 aromatic carbocycles. The summed E-state index contributed by atoms with van der Waals surface area (Å²) in [5.74, 6) is 2.50. The van der Waals surface area contributed by atoms with E-state index in [1.54, 1.807) is 18.9 Å². The number of benzene rings is 1. The number of hydrogen-bond donors (Lipinski definition) is 2. The lowest BCUT2D eigenvalue weighted by molar-refractivity contribution is 0.196. The summed E-state index contributed by atoms with van der Waals surface area (Å²) in [7, 11) is 3.53. The Bertz CT molecular complexity index is 616. The van der Waals surface area contributed by atoms with Gasteiger partial charge < -0.3 is 15.2 Å². The summed E-state index contributed by atoms with van der Waals surface area (Å²) in [6.07, 6.45) is -0.314. The molecule has 2 N–H and O–H groups in total. The molecule has 0 aliphatic heterocycles. The second-order valence-electron chi connectivity index (χ2n) is 5.06. The molecule has 2 unspecified atom stereocenters. The number of nitrogens with one attached hydrogen (secondary N) is 1. The smallest absolute Gasteiger partial charge is 0.130 e. The highest BCUT2D eigenvalue weighted by Gasteiger charge is 2.12. The Hall–Kier alpha value is -1.46. The van der Waals surface area contributed by atoms with E-state index >= 15 is 0 Å². The number of ether oxygens (including phenoxy) is 1. The molecule has 0 saturated carbocycles. The first-order valence-electron chi connectivity index (χ1n) is 7.00. The lowest BCUT2D eigenvalue weighted by Gasteiger charge is -2.16. The van der Waals surface area contributed by atoms with Crippen LogP contribution in [0.15, 0.2) is 24.3 Å². The van der Waals surface area contributed by atoms with Crippen LogP contribution in [-0.4, -0.2) is 35.6 Å². The molecule has 114 valence electrons. The van der Waals surface area contributed by atoms with Crippen molar-refractivity contribution in [1.82, 2.24) is 4.98 Å². The molecular formula is C16H22N2O2S. The molecule has 0 amide bonds. The van der Waals surface area contributed by atoms with Crippen molar-refractivity contribution in [2.24, 2.45) is 0 Å². The quantitative estimate of drug-likeness (QED) is 0.857. The van der Waals surface area contributed by atoms with Gasteiger partial charge in [-0.15, -0.1) is 0 Å². The van der Waals surface area contributed by atoms with Crippen LogP contribution in [0.25, 0.3) is 10.9 Å². The number of methoxy groups -OCH3 is 1. The molecule has 5 heteroatoms. The summed E-state index contributed by atoms with van der Waals surface area (Å²) in [4.78, 5) is 4.66. The van der Waals surface area contributed by atoms with Gasteiger partial charge in [0.15, 0.2) is 0 Å². The van der Waals surface area contributed by atoms with E-state index in [2.05, 4.69) is 16.4 Å². The Morgan fingerprint density at radius 1 is 1.33 bits per heavy atom. The topological polar surface area (TPSA) is 54.4 Å². The number of anilines is 1. The Morgan fingerprint density at radius 3 is 2.71 bits per heavy atom. The molecule has 0 saturated heterocycles. The standard InChI is InChI=1S/C16H22N2O2S/c1-10(19)11(2)21-9-13-7-12-5-6-14(20-4)8-15(12)18-16(13)17-3/h5-8,10-11,19H,9H2,1-4H3,(H,17,18). The van der Waals surface area contributed by atoms with Crippen LogP contribution < -0.4 is 10.1 Å². The second kappa shape index (κ2) is 7.00. The van der Waals surface area contributed by atoms with E-state index in [0.717, 1.165) is 33.8 Å². The molecular weight excluding hydrogens is 284 g/mol. The maximum Gasteiger partial charge on any atom is 0.130 e. The Kier molecular flexibility index (Phi) is 5.31. The SMILES string of the molecule is CNc1nc2cc(OC)ccc2cc1CSC(C)C(C)O. The molecule has 0 spiro atoms. The van der Waals surface area contributed by atoms with Crippen molar-refractivity contribution in [3.05, 3.63) is 29.8 Å². The van der Waals surface area contributed by atoms with Gasteiger partial charge in [0, 0.05) is 35.1 Å². The van der Waals surface area contributed by atoms with E-state index in [9.17, 15) is 5.11 Å². The van der Waals surface area contributed by atoms with Gasteiger partial charge in [-0.25, -0.2) is 4.98 Å². The van der Waals surface area contributed by atoms with Gasteiger partial charge in [0.1, 0.15) is 11.6 Å². The van der Waals surface area contributed by atoms with Crippen LogP contribution in [-0.2, 0) is 5.75 Å². The van der Waals surface area contributed by atoms with Gasteiger partial charge in [0.25, 0.3) is 0 Å². The maximum absolute atomic E-state index is 9.59. The van der Waals surface area contributed by atoms with Crippen LogP contribution in [0.3, 0.4) is 0 Å². The molecule has 0 aliphatic carbocycles. The Balaban J connectivity index is 2.30. The van der Waals surface area contributed by atoms with Gasteiger partial charge in [-0.1, -0.05) is 6.92 Å². The van der Waals surface area contributed by atoms with Crippen molar-refractivity contribution in [1.29, 1.82) is 0 Å². The molecule has 2 atom stereocenters. The minimum Gasteiger partial charge on any atom is -0.497 e. The average molecular weight is 306 g/mol. The highest BCUT2D eigenvalue weighted by molar-refractivity contribution is 7.99. The van der Waals surface area contributed by atoms with E-state index in [0.29, 0.717) is 0 Å². The number of hydrogen-bond acceptors (Lipinski definition) is 5. The first-order valence-corrected chi connectivity index (χ1v) is 8.05. The van der Waals surface area contributed by atoms with Crippen LogP contribution >= 0.6 is 11.8 Å². The highest BCUT2D eigenvalue weighted by Crippen LogP contribution is 2.28. The molecule has 0 bridgehead atoms. The first-order chi connectivity index (χ1) is 10.0. The van der Waals surface area contributed by atoms with Crippen molar-refractivity contribution in [3.63, 3.8) is 0 Å². The number of rotatable bonds is 6. The van der Waals surface area contributed by atoms with Gasteiger partial charge in [-0.2, -0.15) is 11.8 Å². The zero-order valence-corrected chi connectivity index (χ0v) is 13.7. The molecule has 1 aromatic heterocycles. The van der Waals surface area contributed by atoms with Crippen molar-refractivity contribution in [2.75, 3.05) is 19.5 Å². The molecule has 0 fully saturated rings. The molecule has 1 heterocycles. The van der Waals surface area contributed by atoms with E-state index in [1.807, 2.05) is 39.1 Å². The van der Waals surface area contributed by atoms with Crippen LogP contribution in [0.1, 0.15) is 19.4 Å². The van der Waals surface area contributed by atoms with Crippen LogP contribution in [0.5, 0.6) is 5.75 Å². The van der Waals surface area contributed by atoms with Gasteiger partial charge in [0.2, 0.25) is 0 Å². The lowest BCUT2D eigenvalue weighted by atomic mass is 10.1. The largest absolute Gasteiger partial charge is 0.497 e. The maximum atomic E-state index is 9.59. The molecule has 2 rings (SSSR count). The Morgan fingerprint density at radius 2 is 2.10 bits per heavy atom. The summed E-state index contributed by atoms with van der Waals surface area (Å²) >= 11 is 1.73. The van der Waals surface area contributed by atoms with E-state index in [1.165, 1.54) is 0 Å². The number of pyridine rings is 1. The normalized spacial score (nSPS) is 14.0. The molecule has 21 heavy (non-hydrogen) atoms. The van der Waals surface area contributed by atoms with Crippen molar-refractivity contribution in [3.8, 4) is 5.75 Å². The molecule has 0 aliphatic rings. The fourth-order valence-corrected chi connectivity index (χ4v) is 2.95. The Labute approximate surface area is 129 Å². The van der Waals surface area contributed by atoms with Crippen LogP contribution in [0, 0.1) is 0 Å². The number of aliphatic hydroxyl groups is 1. The monoisotopic (exact) mass is 306 g/mol. The minimum absolute atomic E-state index is 0.196. The van der Waals surface area contributed by atoms with E-state index < -0.39 is 0 Å². The minimum atomic E-state index is -0.314. The number of fused-ring (bicyclic) bond motifs is 1. The third-order valence-electron chi connectivity index (χ3n) is 3.52. The van der Waals surface area contributed by atoms with E-state index in [-0.39, 0.29) is 11.4 Å². The summed E-state index contributed by atoms with van der Waals surface area (Å²) in [5.41, 5.74) is 2.06. The van der Waals surface area contributed by atoms with E-state index in [4.69, 9.17) is 4.74 Å². The fourth-order valence-electron chi connectivity index (χ4n) is 2.00. The zero-order valence-electron chi connectivity index (χ0n) is 12.9. The summed E-state index contributed by atoms with van der Waals surface area (Å²) in [6.45, 7) is 3.86. The molecule has 0 radical (unpaired) electrons. The first kappa shape index (κ1) is 15.9. The number of nitrogens with zero attached hydrogens (tertiary/aromatic N) is 1. The summed E-state index contributed by atoms with van der Waals surface area (Å²) in [5, 5.41) is 14.0. The van der Waals surface area contributed by atoms with Crippen molar-refractivity contribution < 1.29 is 9.84 Å². The predicted molar refractivity (Wildman–Crippen MR) is 90.3 cm³/mol. The van der Waals surface area contributed by atoms with Gasteiger partial charge in [-0.3, -0.25) is 0 Å². The highest BCUT2D eigenvalue weighted by atomic mass is 32.2. The van der Waals surface area contributed by atoms with Crippen molar-refractivity contribution in [2.45, 2.75) is 31.0 Å². The molecule has 2 aromatic rings. The third kappa shape index (κ3) is 3.80. The number of aromatic nitrogens is 1. The van der Waals surface area contributed by atoms with Gasteiger partial charge >= 0.3 is 0 Å². The predicted octanol–water partition coefficient (Wildman–Crippen LogP) is 3.29. The van der Waals surface area contributed by atoms with Gasteiger partial charge in [-0.05, 0) is 25.1 Å². The average Bonchev–Trinajstić information content (AvgIpc) is 2.50. The fraction of sp³-hybridized carbons (Fsp3) is 0.438. The van der Waals surface area contributed by atoms with Crippen molar-refractivity contribution >= 4 is 28.5 Å². The summed E-state index contributed by atoms with van der Waals surface area (Å²) < 4.78 is 5.24. The third-order valence-corrected chi connectivity index (χ3v) is 4.92. The molecule has 4 nitrogen and oxygen atoms in total. The summed E-state index contributed by atoms with van der Waals surface area (Å²) in [6, 6.07) is 8.05. The number of thioether (sulfide) groups is 1. The lowest BCUT2D eigenvalue weighted by Crippen LogP contribution is -2.15.